The van der Waals surface area contributed by atoms with Crippen LogP contribution in [0.5, 0.6) is 17.2 Å². The van der Waals surface area contributed by atoms with Crippen LogP contribution in [0.15, 0.2) is 66.9 Å². The van der Waals surface area contributed by atoms with Crippen LogP contribution in [0.1, 0.15) is 36.0 Å². The quantitative estimate of drug-likeness (QED) is 0.306. The number of piperazine rings is 1. The second kappa shape index (κ2) is 11.7. The van der Waals surface area contributed by atoms with Gasteiger partial charge in [0.05, 0.1) is 27.0 Å². The Hall–Kier alpha value is -4.13. The number of H-pyrrole nitrogens is 1. The number of methoxy groups -OCH3 is 3. The third-order valence-corrected chi connectivity index (χ3v) is 7.84. The maximum atomic E-state index is 13.8. The molecule has 0 aliphatic carbocycles. The lowest BCUT2D eigenvalue weighted by atomic mass is 9.87. The molecule has 0 saturated carbocycles. The lowest BCUT2D eigenvalue weighted by Gasteiger charge is -2.37. The van der Waals surface area contributed by atoms with Crippen LogP contribution in [-0.4, -0.2) is 63.3 Å². The number of carbonyl (C=O) groups is 1. The first kappa shape index (κ1) is 26.5. The van der Waals surface area contributed by atoms with Crippen molar-refractivity contribution >= 4 is 22.5 Å². The lowest BCUT2D eigenvalue weighted by Crippen LogP contribution is -2.49. The molecule has 3 aromatic carbocycles. The van der Waals surface area contributed by atoms with E-state index < -0.39 is 0 Å². The summed E-state index contributed by atoms with van der Waals surface area (Å²) >= 11 is 0. The second-order valence-electron chi connectivity index (χ2n) is 9.85. The number of fused-ring (bicyclic) bond motifs is 1. The van der Waals surface area contributed by atoms with Gasteiger partial charge in [-0.3, -0.25) is 4.79 Å². The topological polar surface area (TPSA) is 67.0 Å². The van der Waals surface area contributed by atoms with Gasteiger partial charge >= 0.3 is 0 Å². The number of aryl methyl sites for hydroxylation is 1. The Morgan fingerprint density at radius 3 is 2.33 bits per heavy atom. The van der Waals surface area contributed by atoms with Crippen molar-refractivity contribution in [2.45, 2.75) is 25.7 Å². The zero-order valence-corrected chi connectivity index (χ0v) is 23.2. The minimum absolute atomic E-state index is 0.134. The van der Waals surface area contributed by atoms with Gasteiger partial charge in [0, 0.05) is 55.6 Å². The molecule has 2 heterocycles. The van der Waals surface area contributed by atoms with E-state index in [2.05, 4.69) is 47.3 Å². The molecular formula is C32H37N3O4. The van der Waals surface area contributed by atoms with Crippen LogP contribution >= 0.6 is 0 Å². The molecule has 7 heteroatoms. The minimum atomic E-state index is -0.134. The average molecular weight is 528 g/mol. The molecule has 0 bridgehead atoms. The average Bonchev–Trinajstić information content (AvgIpc) is 3.43. The summed E-state index contributed by atoms with van der Waals surface area (Å²) in [5.41, 5.74) is 5.62. The number of nitrogens with one attached hydrogen (secondary N) is 1. The van der Waals surface area contributed by atoms with Crippen molar-refractivity contribution < 1.29 is 19.0 Å². The molecule has 7 nitrogen and oxygen atoms in total. The smallest absolute Gasteiger partial charge is 0.223 e. The molecule has 1 N–H and O–H groups in total. The van der Waals surface area contributed by atoms with Crippen molar-refractivity contribution in [1.82, 2.24) is 9.88 Å². The van der Waals surface area contributed by atoms with Crippen LogP contribution in [0.3, 0.4) is 0 Å². The molecule has 1 saturated heterocycles. The number of para-hydroxylation sites is 3. The minimum Gasteiger partial charge on any atom is -0.495 e. The summed E-state index contributed by atoms with van der Waals surface area (Å²) in [6.07, 6.45) is 3.37. The molecule has 204 valence electrons. The van der Waals surface area contributed by atoms with Crippen LogP contribution in [0.25, 0.3) is 10.9 Å². The number of carbonyl (C=O) groups excluding carboxylic acids is 1. The van der Waals surface area contributed by atoms with E-state index in [-0.39, 0.29) is 11.8 Å². The first-order valence-corrected chi connectivity index (χ1v) is 13.5. The van der Waals surface area contributed by atoms with E-state index in [1.54, 1.807) is 21.3 Å². The van der Waals surface area contributed by atoms with Crippen molar-refractivity contribution in [1.29, 1.82) is 0 Å². The van der Waals surface area contributed by atoms with Crippen LogP contribution in [0.4, 0.5) is 5.69 Å². The maximum absolute atomic E-state index is 13.8. The summed E-state index contributed by atoms with van der Waals surface area (Å²) in [6.45, 7) is 5.03. The van der Waals surface area contributed by atoms with E-state index in [1.807, 2.05) is 41.3 Å². The highest BCUT2D eigenvalue weighted by Crippen LogP contribution is 2.39. The van der Waals surface area contributed by atoms with Crippen molar-refractivity contribution in [2.24, 2.45) is 0 Å². The second-order valence-corrected chi connectivity index (χ2v) is 9.85. The van der Waals surface area contributed by atoms with Crippen LogP contribution < -0.4 is 19.1 Å². The van der Waals surface area contributed by atoms with Gasteiger partial charge in [0.15, 0.2) is 11.5 Å². The number of rotatable bonds is 9. The van der Waals surface area contributed by atoms with Gasteiger partial charge in [-0.1, -0.05) is 43.3 Å². The van der Waals surface area contributed by atoms with E-state index in [0.717, 1.165) is 53.0 Å². The third-order valence-electron chi connectivity index (χ3n) is 7.84. The number of hydrogen-bond donors (Lipinski definition) is 1. The van der Waals surface area contributed by atoms with Crippen molar-refractivity contribution in [3.63, 3.8) is 0 Å². The highest BCUT2D eigenvalue weighted by molar-refractivity contribution is 5.88. The lowest BCUT2D eigenvalue weighted by molar-refractivity contribution is -0.131. The Labute approximate surface area is 230 Å². The SMILES string of the molecule is CCc1cccc2c([C@H](CC(=O)N3CCN(c4ccccc4OC)CC3)c3ccc(OC)c(OC)c3)c[nH]c12. The van der Waals surface area contributed by atoms with Crippen molar-refractivity contribution in [2.75, 3.05) is 52.4 Å². The molecule has 1 aromatic heterocycles. The third kappa shape index (κ3) is 5.26. The largest absolute Gasteiger partial charge is 0.495 e. The zero-order chi connectivity index (χ0) is 27.4. The number of ether oxygens (including phenoxy) is 3. The van der Waals surface area contributed by atoms with Gasteiger partial charge in [-0.2, -0.15) is 0 Å². The summed E-state index contributed by atoms with van der Waals surface area (Å²) in [4.78, 5) is 21.6. The molecule has 4 aromatic rings. The molecule has 0 unspecified atom stereocenters. The monoisotopic (exact) mass is 527 g/mol. The Kier molecular flexibility index (Phi) is 7.96. The Balaban J connectivity index is 1.42. The number of amides is 1. The van der Waals surface area contributed by atoms with E-state index in [1.165, 1.54) is 5.56 Å². The molecule has 1 aliphatic heterocycles. The van der Waals surface area contributed by atoms with E-state index in [9.17, 15) is 4.79 Å². The summed E-state index contributed by atoms with van der Waals surface area (Å²) in [7, 11) is 4.97. The standard InChI is InChI=1S/C32H37N3O4/c1-5-22-9-8-10-24-26(21-33-32(22)24)25(23-13-14-29(38-3)30(19-23)39-4)20-31(36)35-17-15-34(16-18-35)27-11-6-7-12-28(27)37-2/h6-14,19,21,25,33H,5,15-18,20H2,1-4H3/t25-/m1/s1. The predicted octanol–water partition coefficient (Wildman–Crippen LogP) is 5.63. The van der Waals surface area contributed by atoms with Crippen molar-refractivity contribution in [3.8, 4) is 17.2 Å². The zero-order valence-electron chi connectivity index (χ0n) is 23.2. The Morgan fingerprint density at radius 1 is 0.872 bits per heavy atom. The molecule has 1 aliphatic rings. The molecule has 1 amide bonds. The molecule has 1 fully saturated rings. The summed E-state index contributed by atoms with van der Waals surface area (Å²) < 4.78 is 16.7. The fraction of sp³-hybridized carbons (Fsp3) is 0.344. The number of hydrogen-bond acceptors (Lipinski definition) is 5. The fourth-order valence-electron chi connectivity index (χ4n) is 5.69. The number of anilines is 1. The normalized spacial score (nSPS) is 14.4. The van der Waals surface area contributed by atoms with E-state index in [0.29, 0.717) is 31.0 Å². The van der Waals surface area contributed by atoms with Gasteiger partial charge in [0.2, 0.25) is 5.91 Å². The summed E-state index contributed by atoms with van der Waals surface area (Å²) in [6, 6.07) is 20.4. The van der Waals surface area contributed by atoms with Gasteiger partial charge in [-0.25, -0.2) is 0 Å². The number of nitrogens with zero attached hydrogens (tertiary/aromatic N) is 2. The van der Waals surface area contributed by atoms with Gasteiger partial charge in [-0.05, 0) is 47.4 Å². The van der Waals surface area contributed by atoms with E-state index >= 15 is 0 Å². The van der Waals surface area contributed by atoms with Crippen LogP contribution in [-0.2, 0) is 11.2 Å². The molecule has 0 radical (unpaired) electrons. The van der Waals surface area contributed by atoms with Crippen LogP contribution in [0.2, 0.25) is 0 Å². The first-order chi connectivity index (χ1) is 19.1. The number of aromatic amines is 1. The predicted molar refractivity (Wildman–Crippen MR) is 155 cm³/mol. The summed E-state index contributed by atoms with van der Waals surface area (Å²) in [5, 5.41) is 1.16. The highest BCUT2D eigenvalue weighted by Gasteiger charge is 2.28. The molecule has 39 heavy (non-hydrogen) atoms. The Bertz CT molecular complexity index is 1440. The summed E-state index contributed by atoms with van der Waals surface area (Å²) in [5.74, 6) is 2.20. The van der Waals surface area contributed by atoms with Gasteiger partial charge in [-0.15, -0.1) is 0 Å². The Morgan fingerprint density at radius 2 is 1.62 bits per heavy atom. The van der Waals surface area contributed by atoms with Gasteiger partial charge < -0.3 is 29.0 Å². The first-order valence-electron chi connectivity index (χ1n) is 13.5. The molecule has 0 spiro atoms. The number of benzene rings is 3. The van der Waals surface area contributed by atoms with Crippen LogP contribution in [0, 0.1) is 0 Å². The number of aromatic nitrogens is 1. The maximum Gasteiger partial charge on any atom is 0.223 e. The molecule has 1 atom stereocenters. The highest BCUT2D eigenvalue weighted by atomic mass is 16.5. The fourth-order valence-corrected chi connectivity index (χ4v) is 5.69. The van der Waals surface area contributed by atoms with Gasteiger partial charge in [0.25, 0.3) is 0 Å². The van der Waals surface area contributed by atoms with Crippen molar-refractivity contribution in [3.05, 3.63) is 83.6 Å². The van der Waals surface area contributed by atoms with E-state index in [4.69, 9.17) is 14.2 Å². The molecular weight excluding hydrogens is 490 g/mol. The van der Waals surface area contributed by atoms with Gasteiger partial charge in [0.1, 0.15) is 5.75 Å². The molecule has 5 rings (SSSR count).